The number of hydrogen-bond acceptors (Lipinski definition) is 9. The van der Waals surface area contributed by atoms with Crippen molar-refractivity contribution >= 4 is 55.1 Å². The number of aromatic amines is 1. The number of benzene rings is 3. The normalized spacial score (nSPS) is 12.2. The molecule has 13 heteroatoms. The molecule has 0 aliphatic heterocycles. The molecule has 41 heavy (non-hydrogen) atoms. The fraction of sp³-hybridized carbons (Fsp3) is 0.179. The molecule has 0 spiro atoms. The number of hydrogen-bond donors (Lipinski definition) is 3. The minimum atomic E-state index is -3.88. The van der Waals surface area contributed by atoms with Crippen LogP contribution < -0.4 is 10.0 Å². The van der Waals surface area contributed by atoms with Crippen LogP contribution in [0.25, 0.3) is 22.4 Å². The van der Waals surface area contributed by atoms with Crippen molar-refractivity contribution in [2.75, 3.05) is 10.0 Å². The molecule has 2 heterocycles. The highest BCUT2D eigenvalue weighted by Gasteiger charge is 2.23. The van der Waals surface area contributed by atoms with Crippen molar-refractivity contribution < 1.29 is 22.7 Å². The van der Waals surface area contributed by atoms with Gasteiger partial charge in [0.2, 0.25) is 5.13 Å². The van der Waals surface area contributed by atoms with E-state index in [1.54, 1.807) is 32.0 Å². The number of aryl methyl sites for hydroxylation is 2. The molecule has 0 aliphatic rings. The van der Waals surface area contributed by atoms with E-state index in [1.165, 1.54) is 24.3 Å². The number of nitrogens with one attached hydrogen (secondary N) is 3. The number of rotatable bonds is 9. The van der Waals surface area contributed by atoms with Gasteiger partial charge < -0.3 is 15.0 Å². The predicted molar refractivity (Wildman–Crippen MR) is 156 cm³/mol. The lowest BCUT2D eigenvalue weighted by atomic mass is 10.1. The fourth-order valence-corrected chi connectivity index (χ4v) is 5.78. The summed E-state index contributed by atoms with van der Waals surface area (Å²) < 4.78 is 33.1. The van der Waals surface area contributed by atoms with Gasteiger partial charge in [-0.05, 0) is 62.7 Å². The van der Waals surface area contributed by atoms with Crippen molar-refractivity contribution in [1.82, 2.24) is 20.2 Å². The summed E-state index contributed by atoms with van der Waals surface area (Å²) in [6.07, 6.45) is -0.826. The Hall–Kier alpha value is -4.62. The number of esters is 1. The number of amides is 1. The molecule has 1 unspecified atom stereocenters. The molecule has 0 bridgehead atoms. The van der Waals surface area contributed by atoms with E-state index in [0.717, 1.165) is 22.5 Å². The number of H-pyrrole nitrogens is 1. The van der Waals surface area contributed by atoms with Crippen molar-refractivity contribution in [1.29, 1.82) is 0 Å². The summed E-state index contributed by atoms with van der Waals surface area (Å²) in [4.78, 5) is 33.6. The van der Waals surface area contributed by atoms with Gasteiger partial charge in [0, 0.05) is 11.3 Å². The molecule has 0 radical (unpaired) electrons. The van der Waals surface area contributed by atoms with Crippen molar-refractivity contribution in [2.45, 2.75) is 38.2 Å². The lowest BCUT2D eigenvalue weighted by molar-refractivity contribution is -0.124. The number of anilines is 2. The summed E-state index contributed by atoms with van der Waals surface area (Å²) in [6, 6.07) is 18.5. The Morgan fingerprint density at radius 1 is 1.00 bits per heavy atom. The molecule has 210 valence electrons. The molecule has 5 aromatic rings. The Kier molecular flexibility index (Phi) is 7.81. The maximum atomic E-state index is 12.9. The standard InChI is InChI=1S/C28H26N6O5S2/c1-4-24(26(35)29-20-10-12-21(13-11-20)41(37,38)34-28-33-32-17(3)40-28)39-27(36)19-9-14-22-23(15-19)31-25(30-22)18-7-5-16(2)6-8-18/h5-15,24H,4H2,1-3H3,(H,29,35)(H,30,31)(H,33,34). The summed E-state index contributed by atoms with van der Waals surface area (Å²) in [5, 5.41) is 11.0. The van der Waals surface area contributed by atoms with E-state index in [4.69, 9.17) is 4.74 Å². The number of nitrogens with zero attached hydrogens (tertiary/aromatic N) is 3. The van der Waals surface area contributed by atoms with Gasteiger partial charge >= 0.3 is 5.97 Å². The van der Waals surface area contributed by atoms with Crippen molar-refractivity contribution in [3.8, 4) is 11.4 Å². The zero-order valence-corrected chi connectivity index (χ0v) is 24.0. The second-order valence-corrected chi connectivity index (χ2v) is 12.1. The van der Waals surface area contributed by atoms with Crippen LogP contribution in [0, 0.1) is 13.8 Å². The quantitative estimate of drug-likeness (QED) is 0.201. The number of ether oxygens (including phenoxy) is 1. The minimum absolute atomic E-state index is 0.0124. The number of fused-ring (bicyclic) bond motifs is 1. The number of carbonyl (C=O) groups is 2. The van der Waals surface area contributed by atoms with Crippen LogP contribution in [0.2, 0.25) is 0 Å². The zero-order chi connectivity index (χ0) is 29.1. The minimum Gasteiger partial charge on any atom is -0.449 e. The average molecular weight is 591 g/mol. The maximum absolute atomic E-state index is 12.9. The Balaban J connectivity index is 1.23. The first-order valence-electron chi connectivity index (χ1n) is 12.6. The summed E-state index contributed by atoms with van der Waals surface area (Å²) in [7, 11) is -3.88. The Bertz CT molecular complexity index is 1830. The highest BCUT2D eigenvalue weighted by molar-refractivity contribution is 7.93. The van der Waals surface area contributed by atoms with Crippen LogP contribution in [0.3, 0.4) is 0 Å². The van der Waals surface area contributed by atoms with E-state index in [2.05, 4.69) is 30.2 Å². The fourth-order valence-electron chi connectivity index (χ4n) is 3.96. The largest absolute Gasteiger partial charge is 0.449 e. The molecule has 0 fully saturated rings. The van der Waals surface area contributed by atoms with E-state index in [1.807, 2.05) is 31.2 Å². The van der Waals surface area contributed by atoms with E-state index in [0.29, 0.717) is 27.6 Å². The summed E-state index contributed by atoms with van der Waals surface area (Å²) in [5.41, 5.74) is 4.04. The van der Waals surface area contributed by atoms with Gasteiger partial charge in [0.15, 0.2) is 6.10 Å². The molecule has 3 aromatic carbocycles. The number of imidazole rings is 1. The second kappa shape index (κ2) is 11.5. The number of carbonyl (C=O) groups excluding carboxylic acids is 2. The number of sulfonamides is 1. The number of aromatic nitrogens is 4. The van der Waals surface area contributed by atoms with E-state index in [-0.39, 0.29) is 22.0 Å². The van der Waals surface area contributed by atoms with Crippen LogP contribution in [0.5, 0.6) is 0 Å². The topological polar surface area (TPSA) is 156 Å². The van der Waals surface area contributed by atoms with Crippen LogP contribution in [-0.4, -0.2) is 46.6 Å². The maximum Gasteiger partial charge on any atom is 0.338 e. The van der Waals surface area contributed by atoms with E-state index < -0.39 is 28.0 Å². The van der Waals surface area contributed by atoms with Crippen molar-refractivity contribution in [2.24, 2.45) is 0 Å². The lowest BCUT2D eigenvalue weighted by Crippen LogP contribution is -2.32. The van der Waals surface area contributed by atoms with Crippen LogP contribution in [0.15, 0.2) is 71.6 Å². The molecule has 1 amide bonds. The first kappa shape index (κ1) is 27.9. The van der Waals surface area contributed by atoms with Crippen LogP contribution in [0.1, 0.15) is 34.3 Å². The molecular weight excluding hydrogens is 564 g/mol. The SMILES string of the molecule is CCC(OC(=O)c1ccc2nc(-c3ccc(C)cc3)[nH]c2c1)C(=O)Nc1ccc(S(=O)(=O)Nc2nnc(C)s2)cc1. The molecule has 5 rings (SSSR count). The van der Waals surface area contributed by atoms with Crippen molar-refractivity contribution in [3.05, 3.63) is 82.9 Å². The van der Waals surface area contributed by atoms with Crippen LogP contribution >= 0.6 is 11.3 Å². The Morgan fingerprint density at radius 3 is 2.39 bits per heavy atom. The Labute approximate surface area is 240 Å². The smallest absolute Gasteiger partial charge is 0.338 e. The van der Waals surface area contributed by atoms with Gasteiger partial charge in [0.05, 0.1) is 21.5 Å². The summed E-state index contributed by atoms with van der Waals surface area (Å²) in [6.45, 7) is 5.45. The molecule has 1 atom stereocenters. The first-order chi connectivity index (χ1) is 19.6. The Morgan fingerprint density at radius 2 is 1.73 bits per heavy atom. The highest BCUT2D eigenvalue weighted by atomic mass is 32.2. The zero-order valence-electron chi connectivity index (χ0n) is 22.3. The molecular formula is C28H26N6O5S2. The third kappa shape index (κ3) is 6.42. The molecule has 0 aliphatic carbocycles. The predicted octanol–water partition coefficient (Wildman–Crippen LogP) is 5.07. The molecule has 3 N–H and O–H groups in total. The van der Waals surface area contributed by atoms with E-state index in [9.17, 15) is 18.0 Å². The second-order valence-electron chi connectivity index (χ2n) is 9.23. The van der Waals surface area contributed by atoms with Crippen molar-refractivity contribution in [3.63, 3.8) is 0 Å². The molecule has 2 aromatic heterocycles. The van der Waals surface area contributed by atoms with Gasteiger partial charge in [-0.15, -0.1) is 10.2 Å². The molecule has 0 saturated heterocycles. The van der Waals surface area contributed by atoms with Crippen LogP contribution in [0.4, 0.5) is 10.8 Å². The van der Waals surface area contributed by atoms with Gasteiger partial charge in [-0.1, -0.05) is 48.1 Å². The third-order valence-corrected chi connectivity index (χ3v) is 8.37. The van der Waals surface area contributed by atoms with Gasteiger partial charge in [-0.2, -0.15) is 0 Å². The van der Waals surface area contributed by atoms with Crippen LogP contribution in [-0.2, 0) is 19.6 Å². The average Bonchev–Trinajstić information content (AvgIpc) is 3.57. The summed E-state index contributed by atoms with van der Waals surface area (Å²) in [5.74, 6) is -0.510. The molecule has 11 nitrogen and oxygen atoms in total. The van der Waals surface area contributed by atoms with Gasteiger partial charge in [0.25, 0.3) is 15.9 Å². The van der Waals surface area contributed by atoms with Gasteiger partial charge in [-0.3, -0.25) is 9.52 Å². The molecule has 0 saturated carbocycles. The highest BCUT2D eigenvalue weighted by Crippen LogP contribution is 2.23. The summed E-state index contributed by atoms with van der Waals surface area (Å²) >= 11 is 1.11. The van der Waals surface area contributed by atoms with Gasteiger partial charge in [-0.25, -0.2) is 18.2 Å². The monoisotopic (exact) mass is 590 g/mol. The third-order valence-electron chi connectivity index (χ3n) is 6.13. The first-order valence-corrected chi connectivity index (χ1v) is 14.9. The van der Waals surface area contributed by atoms with E-state index >= 15 is 0 Å². The lowest BCUT2D eigenvalue weighted by Gasteiger charge is -2.16. The van der Waals surface area contributed by atoms with Gasteiger partial charge in [0.1, 0.15) is 10.8 Å².